The molecule has 0 aliphatic rings. The van der Waals surface area contributed by atoms with E-state index in [9.17, 15) is 0 Å². The number of hydrogen-bond acceptors (Lipinski definition) is 1. The lowest BCUT2D eigenvalue weighted by molar-refractivity contribution is 1.37. The fourth-order valence-electron chi connectivity index (χ4n) is 0.670. The average Bonchev–Trinajstić information content (AvgIpc) is 1.94. The van der Waals surface area contributed by atoms with Crippen LogP contribution in [0.4, 0.5) is 0 Å². The predicted molar refractivity (Wildman–Crippen MR) is 47.9 cm³/mol. The van der Waals surface area contributed by atoms with Gasteiger partial charge < -0.3 is 0 Å². The molecule has 3 heteroatoms. The molecule has 1 aromatic rings. The Labute approximate surface area is 74.0 Å². The van der Waals surface area contributed by atoms with Crippen LogP contribution in [-0.4, -0.2) is 0 Å². The molecule has 0 heterocycles. The average molecular weight is 193 g/mol. The molecule has 0 unspecified atom stereocenters. The summed E-state index contributed by atoms with van der Waals surface area (Å²) >= 11 is 5.79. The summed E-state index contributed by atoms with van der Waals surface area (Å²) in [5.74, 6) is 0. The van der Waals surface area contributed by atoms with E-state index in [2.05, 4.69) is 0 Å². The van der Waals surface area contributed by atoms with Crippen LogP contribution in [0.1, 0.15) is 5.56 Å². The Morgan fingerprint density at radius 2 is 2.10 bits per heavy atom. The van der Waals surface area contributed by atoms with Crippen molar-refractivity contribution in [1.29, 1.82) is 0 Å². The Bertz CT molecular complexity index is 235. The maximum absolute atomic E-state index is 5.79. The van der Waals surface area contributed by atoms with E-state index in [0.717, 1.165) is 15.9 Å². The molecule has 0 aliphatic heterocycles. The lowest BCUT2D eigenvalue weighted by atomic mass is 10.2. The minimum atomic E-state index is 0.714. The third-order valence-corrected chi connectivity index (χ3v) is 2.61. The summed E-state index contributed by atoms with van der Waals surface area (Å²) in [5.41, 5.74) is 1.17. The van der Waals surface area contributed by atoms with Crippen molar-refractivity contribution in [3.63, 3.8) is 0 Å². The summed E-state index contributed by atoms with van der Waals surface area (Å²) in [6.45, 7) is 2.01. The summed E-state index contributed by atoms with van der Waals surface area (Å²) in [5, 5.41) is 0.714. The quantitative estimate of drug-likeness (QED) is 0.651. The maximum atomic E-state index is 5.79. The van der Waals surface area contributed by atoms with Crippen molar-refractivity contribution in [2.75, 3.05) is 0 Å². The maximum Gasteiger partial charge on any atom is 0.0554 e. The monoisotopic (exact) mass is 192 g/mol. The Hall–Kier alpha value is 0.150. The molecule has 1 aromatic carbocycles. The van der Waals surface area contributed by atoms with Gasteiger partial charge in [0.1, 0.15) is 0 Å². The molecule has 0 saturated carbocycles. The first kappa shape index (κ1) is 8.25. The van der Waals surface area contributed by atoms with E-state index in [1.807, 2.05) is 25.1 Å². The molecule has 0 bridgehead atoms. The summed E-state index contributed by atoms with van der Waals surface area (Å²) in [4.78, 5) is 0.920. The van der Waals surface area contributed by atoms with E-state index in [1.165, 1.54) is 5.56 Å². The number of benzene rings is 1. The van der Waals surface area contributed by atoms with Crippen molar-refractivity contribution in [2.24, 2.45) is 0 Å². The van der Waals surface area contributed by atoms with Crippen molar-refractivity contribution in [2.45, 2.75) is 11.8 Å². The van der Waals surface area contributed by atoms with E-state index < -0.39 is 0 Å². The zero-order valence-electron chi connectivity index (χ0n) is 5.40. The Morgan fingerprint density at radius 1 is 1.40 bits per heavy atom. The highest BCUT2D eigenvalue weighted by atomic mass is 35.7. The topological polar surface area (TPSA) is 0 Å². The molecule has 0 spiro atoms. The van der Waals surface area contributed by atoms with Gasteiger partial charge in [-0.2, -0.15) is 0 Å². The standard InChI is InChI=1S/C7H6Cl2S/c1-5-2-3-6(8)7(4-5)10-9/h2-4H,1H3. The van der Waals surface area contributed by atoms with Crippen molar-refractivity contribution in [3.8, 4) is 0 Å². The van der Waals surface area contributed by atoms with Crippen molar-refractivity contribution >= 4 is 33.3 Å². The SMILES string of the molecule is Cc1ccc(Cl)c(SCl)c1. The lowest BCUT2D eigenvalue weighted by Gasteiger charge is -1.98. The molecule has 0 atom stereocenters. The highest BCUT2D eigenvalue weighted by Crippen LogP contribution is 2.30. The van der Waals surface area contributed by atoms with Gasteiger partial charge in [0, 0.05) is 4.90 Å². The van der Waals surface area contributed by atoms with Gasteiger partial charge in [-0.05, 0) is 46.3 Å². The molecular weight excluding hydrogens is 187 g/mol. The molecule has 0 aromatic heterocycles. The number of aryl methyl sites for hydroxylation is 1. The summed E-state index contributed by atoms with van der Waals surface area (Å²) in [7, 11) is 6.69. The number of hydrogen-bond donors (Lipinski definition) is 0. The third-order valence-electron chi connectivity index (χ3n) is 1.17. The highest BCUT2D eigenvalue weighted by Gasteiger charge is 1.97. The summed E-state index contributed by atoms with van der Waals surface area (Å²) < 4.78 is 0. The highest BCUT2D eigenvalue weighted by molar-refractivity contribution is 8.21. The zero-order valence-corrected chi connectivity index (χ0v) is 7.72. The van der Waals surface area contributed by atoms with E-state index in [-0.39, 0.29) is 0 Å². The van der Waals surface area contributed by atoms with E-state index in [1.54, 1.807) is 0 Å². The summed E-state index contributed by atoms with van der Waals surface area (Å²) in [6, 6.07) is 5.76. The van der Waals surface area contributed by atoms with E-state index in [0.29, 0.717) is 5.02 Å². The molecule has 1 rings (SSSR count). The molecular formula is C7H6Cl2S. The molecule has 0 fully saturated rings. The second-order valence-electron chi connectivity index (χ2n) is 2.01. The predicted octanol–water partition coefficient (Wildman–Crippen LogP) is 3.89. The van der Waals surface area contributed by atoms with Crippen LogP contribution in [-0.2, 0) is 0 Å². The first-order valence-corrected chi connectivity index (χ1v) is 4.81. The Balaban J connectivity index is 3.09. The van der Waals surface area contributed by atoms with E-state index in [4.69, 9.17) is 22.3 Å². The van der Waals surface area contributed by atoms with Crippen molar-refractivity contribution in [3.05, 3.63) is 28.8 Å². The van der Waals surface area contributed by atoms with Crippen LogP contribution in [0.25, 0.3) is 0 Å². The molecule has 10 heavy (non-hydrogen) atoms. The third kappa shape index (κ3) is 1.82. The van der Waals surface area contributed by atoms with Crippen LogP contribution >= 0.6 is 33.3 Å². The van der Waals surface area contributed by atoms with Crippen molar-refractivity contribution in [1.82, 2.24) is 0 Å². The van der Waals surface area contributed by atoms with Crippen molar-refractivity contribution < 1.29 is 0 Å². The van der Waals surface area contributed by atoms with Gasteiger partial charge in [-0.15, -0.1) is 0 Å². The fraction of sp³-hybridized carbons (Fsp3) is 0.143. The molecule has 0 N–H and O–H groups in total. The van der Waals surface area contributed by atoms with Gasteiger partial charge in [-0.3, -0.25) is 0 Å². The van der Waals surface area contributed by atoms with Crippen LogP contribution in [0, 0.1) is 6.92 Å². The van der Waals surface area contributed by atoms with Gasteiger partial charge in [0.05, 0.1) is 5.02 Å². The smallest absolute Gasteiger partial charge is 0.0554 e. The largest absolute Gasteiger partial charge is 0.0831 e. The van der Waals surface area contributed by atoms with Gasteiger partial charge in [-0.1, -0.05) is 17.7 Å². The second-order valence-corrected chi connectivity index (χ2v) is 3.48. The lowest BCUT2D eigenvalue weighted by Crippen LogP contribution is -1.73. The zero-order chi connectivity index (χ0) is 7.56. The first-order valence-electron chi connectivity index (χ1n) is 2.79. The molecule has 0 nitrogen and oxygen atoms in total. The normalized spacial score (nSPS) is 9.90. The van der Waals surface area contributed by atoms with Crippen LogP contribution in [0.2, 0.25) is 5.02 Å². The van der Waals surface area contributed by atoms with E-state index >= 15 is 0 Å². The molecule has 0 saturated heterocycles. The van der Waals surface area contributed by atoms with Gasteiger partial charge in [0.15, 0.2) is 0 Å². The van der Waals surface area contributed by atoms with Crippen LogP contribution in [0.3, 0.4) is 0 Å². The number of rotatable bonds is 1. The minimum absolute atomic E-state index is 0.714. The Kier molecular flexibility index (Phi) is 2.90. The van der Waals surface area contributed by atoms with Gasteiger partial charge >= 0.3 is 0 Å². The van der Waals surface area contributed by atoms with Crippen LogP contribution in [0.15, 0.2) is 23.1 Å². The molecule has 0 radical (unpaired) electrons. The molecule has 54 valence electrons. The molecule has 0 aliphatic carbocycles. The molecule has 0 amide bonds. The van der Waals surface area contributed by atoms with Gasteiger partial charge in [0.2, 0.25) is 0 Å². The van der Waals surface area contributed by atoms with Crippen LogP contribution in [0.5, 0.6) is 0 Å². The fourth-order valence-corrected chi connectivity index (χ4v) is 1.78. The second kappa shape index (κ2) is 3.51. The first-order chi connectivity index (χ1) is 4.74. The number of halogens is 2. The van der Waals surface area contributed by atoms with Gasteiger partial charge in [-0.25, -0.2) is 0 Å². The van der Waals surface area contributed by atoms with Gasteiger partial charge in [0.25, 0.3) is 0 Å². The summed E-state index contributed by atoms with van der Waals surface area (Å²) in [6.07, 6.45) is 0. The van der Waals surface area contributed by atoms with Crippen LogP contribution < -0.4 is 0 Å². The minimum Gasteiger partial charge on any atom is -0.0831 e. The Morgan fingerprint density at radius 3 is 2.60 bits per heavy atom.